The van der Waals surface area contributed by atoms with Crippen LogP contribution in [0.5, 0.6) is 0 Å². The maximum atomic E-state index is 11.9. The van der Waals surface area contributed by atoms with Gasteiger partial charge in [-0.15, -0.1) is 0 Å². The first-order chi connectivity index (χ1) is 8.90. The average Bonchev–Trinajstić information content (AvgIpc) is 2.32. The minimum absolute atomic E-state index is 0.0960. The van der Waals surface area contributed by atoms with Gasteiger partial charge in [-0.3, -0.25) is 9.59 Å². The van der Waals surface area contributed by atoms with Crippen LogP contribution in [0.15, 0.2) is 18.2 Å². The molecule has 6 heteroatoms. The predicted molar refractivity (Wildman–Crippen MR) is 74.9 cm³/mol. The standard InChI is InChI=1S/C13H15Cl2NO3/c1-8(3-2-4-12(17)18)16-13(19)9-5-6-10(14)11(15)7-9/h5-8H,2-4H2,1H3,(H,16,19)(H,17,18). The van der Waals surface area contributed by atoms with Crippen LogP contribution in [0.2, 0.25) is 10.0 Å². The van der Waals surface area contributed by atoms with Gasteiger partial charge in [0.1, 0.15) is 0 Å². The smallest absolute Gasteiger partial charge is 0.303 e. The summed E-state index contributed by atoms with van der Waals surface area (Å²) in [6.45, 7) is 1.83. The number of hydrogen-bond donors (Lipinski definition) is 2. The number of carbonyl (C=O) groups is 2. The Morgan fingerprint density at radius 1 is 1.32 bits per heavy atom. The molecule has 1 atom stereocenters. The summed E-state index contributed by atoms with van der Waals surface area (Å²) in [5, 5.41) is 12.0. The summed E-state index contributed by atoms with van der Waals surface area (Å²) in [5.41, 5.74) is 0.430. The topological polar surface area (TPSA) is 66.4 Å². The highest BCUT2D eigenvalue weighted by Gasteiger charge is 2.11. The number of hydrogen-bond acceptors (Lipinski definition) is 2. The lowest BCUT2D eigenvalue weighted by Gasteiger charge is -2.13. The Bertz CT molecular complexity index is 477. The third-order valence-corrected chi connectivity index (χ3v) is 3.33. The van der Waals surface area contributed by atoms with E-state index in [-0.39, 0.29) is 18.4 Å². The summed E-state index contributed by atoms with van der Waals surface area (Å²) in [5.74, 6) is -1.08. The molecule has 1 unspecified atom stereocenters. The Balaban J connectivity index is 2.49. The van der Waals surface area contributed by atoms with Gasteiger partial charge < -0.3 is 10.4 Å². The van der Waals surface area contributed by atoms with Crippen LogP contribution in [0.1, 0.15) is 36.5 Å². The Kier molecular flexibility index (Phi) is 6.12. The zero-order valence-corrected chi connectivity index (χ0v) is 12.0. The molecule has 0 spiro atoms. The molecule has 0 aromatic heterocycles. The maximum absolute atomic E-state index is 11.9. The van der Waals surface area contributed by atoms with Crippen LogP contribution in [0.25, 0.3) is 0 Å². The van der Waals surface area contributed by atoms with E-state index >= 15 is 0 Å². The van der Waals surface area contributed by atoms with Crippen LogP contribution >= 0.6 is 23.2 Å². The van der Waals surface area contributed by atoms with Crippen molar-refractivity contribution < 1.29 is 14.7 Å². The van der Waals surface area contributed by atoms with Gasteiger partial charge >= 0.3 is 5.97 Å². The Hall–Kier alpha value is -1.26. The molecule has 0 saturated carbocycles. The number of rotatable bonds is 6. The summed E-state index contributed by atoms with van der Waals surface area (Å²) in [7, 11) is 0. The van der Waals surface area contributed by atoms with E-state index in [1.807, 2.05) is 6.92 Å². The van der Waals surface area contributed by atoms with Gasteiger partial charge in [0.05, 0.1) is 10.0 Å². The lowest BCUT2D eigenvalue weighted by molar-refractivity contribution is -0.137. The second kappa shape index (κ2) is 7.36. The molecule has 0 bridgehead atoms. The third kappa shape index (κ3) is 5.49. The van der Waals surface area contributed by atoms with Crippen molar-refractivity contribution in [2.75, 3.05) is 0 Å². The summed E-state index contributed by atoms with van der Waals surface area (Å²) in [6, 6.07) is 4.56. The maximum Gasteiger partial charge on any atom is 0.303 e. The molecule has 0 aliphatic rings. The molecule has 0 aliphatic carbocycles. The van der Waals surface area contributed by atoms with Crippen molar-refractivity contribution in [3.05, 3.63) is 33.8 Å². The molecule has 1 amide bonds. The fourth-order valence-electron chi connectivity index (χ4n) is 1.58. The number of carboxylic acids is 1. The van der Waals surface area contributed by atoms with Crippen molar-refractivity contribution in [3.63, 3.8) is 0 Å². The van der Waals surface area contributed by atoms with Gasteiger partial charge in [0.2, 0.25) is 0 Å². The summed E-state index contributed by atoms with van der Waals surface area (Å²) in [6.07, 6.45) is 1.24. The van der Waals surface area contributed by atoms with Gasteiger partial charge in [-0.25, -0.2) is 0 Å². The van der Waals surface area contributed by atoms with Crippen LogP contribution in [0.3, 0.4) is 0 Å². The second-order valence-corrected chi connectivity index (χ2v) is 5.10. The SMILES string of the molecule is CC(CCCC(=O)O)NC(=O)c1ccc(Cl)c(Cl)c1. The third-order valence-electron chi connectivity index (χ3n) is 2.59. The second-order valence-electron chi connectivity index (χ2n) is 4.29. The molecule has 0 fully saturated rings. The first-order valence-corrected chi connectivity index (χ1v) is 6.63. The number of carboxylic acid groups (broad SMARTS) is 1. The molecule has 0 aliphatic heterocycles. The normalized spacial score (nSPS) is 11.9. The van der Waals surface area contributed by atoms with Gasteiger partial charge in [0, 0.05) is 18.0 Å². The lowest BCUT2D eigenvalue weighted by Crippen LogP contribution is -2.32. The van der Waals surface area contributed by atoms with Crippen molar-refractivity contribution in [1.82, 2.24) is 5.32 Å². The van der Waals surface area contributed by atoms with E-state index < -0.39 is 5.97 Å². The van der Waals surface area contributed by atoms with Crippen molar-refractivity contribution in [1.29, 1.82) is 0 Å². The van der Waals surface area contributed by atoms with Crippen LogP contribution in [0, 0.1) is 0 Å². The molecule has 0 saturated heterocycles. The molecule has 1 aromatic carbocycles. The van der Waals surface area contributed by atoms with E-state index in [1.165, 1.54) is 6.07 Å². The Labute approximate surface area is 121 Å². The summed E-state index contributed by atoms with van der Waals surface area (Å²) in [4.78, 5) is 22.3. The van der Waals surface area contributed by atoms with Gasteiger partial charge in [0.25, 0.3) is 5.91 Å². The van der Waals surface area contributed by atoms with Crippen molar-refractivity contribution in [2.24, 2.45) is 0 Å². The van der Waals surface area contributed by atoms with Gasteiger partial charge in [-0.2, -0.15) is 0 Å². The number of halogens is 2. The molecular formula is C13H15Cl2NO3. The Morgan fingerprint density at radius 2 is 2.00 bits per heavy atom. The van der Waals surface area contributed by atoms with Crippen molar-refractivity contribution in [3.8, 4) is 0 Å². The minimum Gasteiger partial charge on any atom is -0.481 e. The first kappa shape index (κ1) is 15.8. The molecule has 1 aromatic rings. The average molecular weight is 304 g/mol. The highest BCUT2D eigenvalue weighted by atomic mass is 35.5. The molecule has 19 heavy (non-hydrogen) atoms. The number of carbonyl (C=O) groups excluding carboxylic acids is 1. The fraction of sp³-hybridized carbons (Fsp3) is 0.385. The van der Waals surface area contributed by atoms with E-state index in [4.69, 9.17) is 28.3 Å². The molecule has 104 valence electrons. The minimum atomic E-state index is -0.831. The molecule has 4 nitrogen and oxygen atoms in total. The van der Waals surface area contributed by atoms with Gasteiger partial charge in [-0.1, -0.05) is 23.2 Å². The van der Waals surface area contributed by atoms with Crippen LogP contribution in [-0.4, -0.2) is 23.0 Å². The molecule has 0 radical (unpaired) electrons. The summed E-state index contributed by atoms with van der Waals surface area (Å²) < 4.78 is 0. The van der Waals surface area contributed by atoms with Crippen LogP contribution in [-0.2, 0) is 4.79 Å². The van der Waals surface area contributed by atoms with E-state index in [0.29, 0.717) is 28.5 Å². The van der Waals surface area contributed by atoms with Crippen LogP contribution < -0.4 is 5.32 Å². The molecule has 1 rings (SSSR count). The zero-order valence-electron chi connectivity index (χ0n) is 10.5. The highest BCUT2D eigenvalue weighted by molar-refractivity contribution is 6.42. The molecular weight excluding hydrogens is 289 g/mol. The van der Waals surface area contributed by atoms with Crippen molar-refractivity contribution >= 4 is 35.1 Å². The fourth-order valence-corrected chi connectivity index (χ4v) is 1.87. The van der Waals surface area contributed by atoms with Gasteiger partial charge in [0.15, 0.2) is 0 Å². The number of benzene rings is 1. The Morgan fingerprint density at radius 3 is 2.58 bits per heavy atom. The van der Waals surface area contributed by atoms with Crippen LogP contribution in [0.4, 0.5) is 0 Å². The molecule has 2 N–H and O–H groups in total. The monoisotopic (exact) mass is 303 g/mol. The number of nitrogens with one attached hydrogen (secondary N) is 1. The van der Waals surface area contributed by atoms with Gasteiger partial charge in [-0.05, 0) is 38.0 Å². The predicted octanol–water partition coefficient (Wildman–Crippen LogP) is 3.37. The molecule has 0 heterocycles. The zero-order chi connectivity index (χ0) is 14.4. The highest BCUT2D eigenvalue weighted by Crippen LogP contribution is 2.22. The number of aliphatic carboxylic acids is 1. The van der Waals surface area contributed by atoms with Crippen molar-refractivity contribution in [2.45, 2.75) is 32.2 Å². The first-order valence-electron chi connectivity index (χ1n) is 5.88. The quantitative estimate of drug-likeness (QED) is 0.847. The largest absolute Gasteiger partial charge is 0.481 e. The number of amides is 1. The van der Waals surface area contributed by atoms with E-state index in [2.05, 4.69) is 5.32 Å². The lowest BCUT2D eigenvalue weighted by atomic mass is 10.1. The van der Waals surface area contributed by atoms with E-state index in [9.17, 15) is 9.59 Å². The summed E-state index contributed by atoms with van der Waals surface area (Å²) >= 11 is 11.6. The van der Waals surface area contributed by atoms with E-state index in [0.717, 1.165) is 0 Å². The van der Waals surface area contributed by atoms with E-state index in [1.54, 1.807) is 12.1 Å².